The molecule has 1 aromatic carbocycles. The van der Waals surface area contributed by atoms with E-state index in [9.17, 15) is 4.79 Å². The van der Waals surface area contributed by atoms with Crippen LogP contribution in [0.1, 0.15) is 43.4 Å². The minimum Gasteiger partial charge on any atom is -0.494 e. The van der Waals surface area contributed by atoms with E-state index >= 15 is 0 Å². The standard InChI is InChI=1S/C17H25NO3/c1-3-20-16-9-8-12-10-13(18)11-15(12)14(16)6-5-7-17(19)21-4-2/h8-9,13H,3-7,10-11,18H2,1-2H3. The maximum Gasteiger partial charge on any atom is 0.305 e. The number of rotatable bonds is 7. The third-order valence-electron chi connectivity index (χ3n) is 3.85. The Morgan fingerprint density at radius 1 is 1.29 bits per heavy atom. The van der Waals surface area contributed by atoms with E-state index < -0.39 is 0 Å². The molecule has 1 aliphatic carbocycles. The van der Waals surface area contributed by atoms with Crippen molar-refractivity contribution >= 4 is 5.97 Å². The second kappa shape index (κ2) is 7.46. The maximum absolute atomic E-state index is 11.5. The van der Waals surface area contributed by atoms with Gasteiger partial charge in [-0.1, -0.05) is 6.07 Å². The van der Waals surface area contributed by atoms with Crippen molar-refractivity contribution in [1.29, 1.82) is 0 Å². The van der Waals surface area contributed by atoms with Gasteiger partial charge >= 0.3 is 5.97 Å². The molecule has 0 spiro atoms. The molecule has 1 atom stereocenters. The first-order valence-electron chi connectivity index (χ1n) is 7.83. The monoisotopic (exact) mass is 291 g/mol. The largest absolute Gasteiger partial charge is 0.494 e. The van der Waals surface area contributed by atoms with Gasteiger partial charge in [0.05, 0.1) is 13.2 Å². The van der Waals surface area contributed by atoms with Gasteiger partial charge in [-0.25, -0.2) is 0 Å². The van der Waals surface area contributed by atoms with E-state index in [0.29, 0.717) is 19.6 Å². The van der Waals surface area contributed by atoms with E-state index in [1.807, 2.05) is 19.9 Å². The number of fused-ring (bicyclic) bond motifs is 1. The number of benzene rings is 1. The molecule has 0 saturated carbocycles. The number of carbonyl (C=O) groups is 1. The second-order valence-electron chi connectivity index (χ2n) is 5.44. The summed E-state index contributed by atoms with van der Waals surface area (Å²) in [5.41, 5.74) is 9.97. The highest BCUT2D eigenvalue weighted by atomic mass is 16.5. The number of carbonyl (C=O) groups excluding carboxylic acids is 1. The van der Waals surface area contributed by atoms with Crippen LogP contribution in [-0.4, -0.2) is 25.2 Å². The lowest BCUT2D eigenvalue weighted by molar-refractivity contribution is -0.143. The van der Waals surface area contributed by atoms with Crippen molar-refractivity contribution in [3.8, 4) is 5.75 Å². The van der Waals surface area contributed by atoms with Crippen molar-refractivity contribution < 1.29 is 14.3 Å². The normalized spacial score (nSPS) is 16.6. The van der Waals surface area contributed by atoms with E-state index in [-0.39, 0.29) is 12.0 Å². The zero-order valence-electron chi connectivity index (χ0n) is 13.0. The Morgan fingerprint density at radius 3 is 2.81 bits per heavy atom. The lowest BCUT2D eigenvalue weighted by Crippen LogP contribution is -2.19. The zero-order valence-corrected chi connectivity index (χ0v) is 13.0. The molecule has 2 N–H and O–H groups in total. The lowest BCUT2D eigenvalue weighted by Gasteiger charge is -2.15. The Bertz CT molecular complexity index is 499. The number of nitrogens with two attached hydrogens (primary N) is 1. The highest BCUT2D eigenvalue weighted by molar-refractivity contribution is 5.69. The van der Waals surface area contributed by atoms with E-state index in [1.54, 1.807) is 0 Å². The topological polar surface area (TPSA) is 61.5 Å². The van der Waals surface area contributed by atoms with Crippen LogP contribution in [0.2, 0.25) is 0 Å². The third-order valence-corrected chi connectivity index (χ3v) is 3.85. The Morgan fingerprint density at radius 2 is 2.10 bits per heavy atom. The van der Waals surface area contributed by atoms with Crippen LogP contribution in [0, 0.1) is 0 Å². The van der Waals surface area contributed by atoms with Gasteiger partial charge in [0.15, 0.2) is 0 Å². The Labute approximate surface area is 126 Å². The number of ether oxygens (including phenoxy) is 2. The van der Waals surface area contributed by atoms with Gasteiger partial charge in [-0.3, -0.25) is 4.79 Å². The fourth-order valence-corrected chi connectivity index (χ4v) is 2.99. The van der Waals surface area contributed by atoms with Gasteiger partial charge in [0.25, 0.3) is 0 Å². The Kier molecular flexibility index (Phi) is 5.62. The summed E-state index contributed by atoms with van der Waals surface area (Å²) in [4.78, 5) is 11.5. The van der Waals surface area contributed by atoms with Gasteiger partial charge < -0.3 is 15.2 Å². The van der Waals surface area contributed by atoms with Crippen LogP contribution in [0.4, 0.5) is 0 Å². The minimum atomic E-state index is -0.125. The van der Waals surface area contributed by atoms with E-state index in [0.717, 1.165) is 31.4 Å². The van der Waals surface area contributed by atoms with E-state index in [2.05, 4.69) is 6.07 Å². The molecule has 4 heteroatoms. The molecule has 1 unspecified atom stereocenters. The zero-order chi connectivity index (χ0) is 15.2. The molecule has 21 heavy (non-hydrogen) atoms. The summed E-state index contributed by atoms with van der Waals surface area (Å²) in [6, 6.07) is 4.38. The first kappa shape index (κ1) is 15.8. The van der Waals surface area contributed by atoms with Gasteiger partial charge in [-0.15, -0.1) is 0 Å². The summed E-state index contributed by atoms with van der Waals surface area (Å²) in [6.45, 7) is 4.91. The van der Waals surface area contributed by atoms with Crippen LogP contribution in [0.15, 0.2) is 12.1 Å². The summed E-state index contributed by atoms with van der Waals surface area (Å²) in [6.07, 6.45) is 3.92. The summed E-state index contributed by atoms with van der Waals surface area (Å²) in [5.74, 6) is 0.814. The van der Waals surface area contributed by atoms with Gasteiger partial charge in [0.1, 0.15) is 5.75 Å². The third kappa shape index (κ3) is 3.97. The Hall–Kier alpha value is -1.55. The van der Waals surface area contributed by atoms with Crippen molar-refractivity contribution in [2.45, 2.75) is 52.0 Å². The van der Waals surface area contributed by atoms with Crippen molar-refractivity contribution in [3.63, 3.8) is 0 Å². The quantitative estimate of drug-likeness (QED) is 0.784. The molecule has 0 bridgehead atoms. The van der Waals surface area contributed by atoms with Crippen LogP contribution < -0.4 is 10.5 Å². The van der Waals surface area contributed by atoms with Gasteiger partial charge in [0, 0.05) is 12.5 Å². The maximum atomic E-state index is 11.5. The summed E-state index contributed by atoms with van der Waals surface area (Å²) in [7, 11) is 0. The second-order valence-corrected chi connectivity index (χ2v) is 5.44. The number of hydrogen-bond acceptors (Lipinski definition) is 4. The van der Waals surface area contributed by atoms with E-state index in [4.69, 9.17) is 15.2 Å². The molecule has 1 aromatic rings. The smallest absolute Gasteiger partial charge is 0.305 e. The van der Waals surface area contributed by atoms with Crippen LogP contribution >= 0.6 is 0 Å². The van der Waals surface area contributed by atoms with Crippen LogP contribution in [0.5, 0.6) is 5.75 Å². The predicted molar refractivity (Wildman–Crippen MR) is 82.6 cm³/mol. The average molecular weight is 291 g/mol. The van der Waals surface area contributed by atoms with Crippen LogP contribution in [0.3, 0.4) is 0 Å². The van der Waals surface area contributed by atoms with Crippen LogP contribution in [-0.2, 0) is 28.8 Å². The molecular formula is C17H25NO3. The highest BCUT2D eigenvalue weighted by Gasteiger charge is 2.23. The van der Waals surface area contributed by atoms with Crippen molar-refractivity contribution in [2.24, 2.45) is 5.73 Å². The number of hydrogen-bond donors (Lipinski definition) is 1. The highest BCUT2D eigenvalue weighted by Crippen LogP contribution is 2.33. The van der Waals surface area contributed by atoms with Gasteiger partial charge in [0.2, 0.25) is 0 Å². The Balaban J connectivity index is 2.09. The fraction of sp³-hybridized carbons (Fsp3) is 0.588. The summed E-state index contributed by atoms with van der Waals surface area (Å²) >= 11 is 0. The molecule has 0 fully saturated rings. The minimum absolute atomic E-state index is 0.125. The van der Waals surface area contributed by atoms with Crippen molar-refractivity contribution in [2.75, 3.05) is 13.2 Å². The molecule has 0 aromatic heterocycles. The first-order chi connectivity index (χ1) is 10.2. The first-order valence-corrected chi connectivity index (χ1v) is 7.83. The molecule has 0 radical (unpaired) electrons. The fourth-order valence-electron chi connectivity index (χ4n) is 2.99. The molecule has 0 aliphatic heterocycles. The molecule has 1 aliphatic rings. The molecule has 0 amide bonds. The van der Waals surface area contributed by atoms with Crippen LogP contribution in [0.25, 0.3) is 0 Å². The predicted octanol–water partition coefficient (Wildman–Crippen LogP) is 2.40. The van der Waals surface area contributed by atoms with Gasteiger partial charge in [-0.2, -0.15) is 0 Å². The average Bonchev–Trinajstić information content (AvgIpc) is 2.82. The molecule has 0 heterocycles. The molecule has 4 nitrogen and oxygen atoms in total. The van der Waals surface area contributed by atoms with Crippen molar-refractivity contribution in [1.82, 2.24) is 0 Å². The molecule has 116 valence electrons. The van der Waals surface area contributed by atoms with Crippen molar-refractivity contribution in [3.05, 3.63) is 28.8 Å². The van der Waals surface area contributed by atoms with E-state index in [1.165, 1.54) is 16.7 Å². The van der Waals surface area contributed by atoms with Gasteiger partial charge in [-0.05, 0) is 62.3 Å². The molecular weight excluding hydrogens is 266 g/mol. The summed E-state index contributed by atoms with van der Waals surface area (Å²) < 4.78 is 10.7. The SMILES string of the molecule is CCOC(=O)CCCc1c(OCC)ccc2c1CC(N)C2. The number of esters is 1. The molecule has 0 saturated heterocycles. The summed E-state index contributed by atoms with van der Waals surface area (Å²) in [5, 5.41) is 0. The lowest BCUT2D eigenvalue weighted by atomic mass is 9.97. The molecule has 2 rings (SSSR count).